The molecule has 36 heavy (non-hydrogen) atoms. The average Bonchev–Trinajstić information content (AvgIpc) is 3.55. The second-order valence-corrected chi connectivity index (χ2v) is 9.68. The Labute approximate surface area is 214 Å². The largest absolute Gasteiger partial charge is 0.461 e. The molecule has 0 saturated heterocycles. The third-order valence-electron chi connectivity index (χ3n) is 5.91. The van der Waals surface area contributed by atoms with Crippen LogP contribution in [0.4, 0.5) is 5.13 Å². The summed E-state index contributed by atoms with van der Waals surface area (Å²) >= 11 is 1.56. The van der Waals surface area contributed by atoms with Gasteiger partial charge < -0.3 is 19.6 Å². The van der Waals surface area contributed by atoms with Crippen LogP contribution in [0.2, 0.25) is 0 Å². The number of hydrogen-bond donors (Lipinski definition) is 1. The Kier molecular flexibility index (Phi) is 7.72. The summed E-state index contributed by atoms with van der Waals surface area (Å²) in [6.45, 7) is 5.35. The summed E-state index contributed by atoms with van der Waals surface area (Å²) in [7, 11) is 1.66. The van der Waals surface area contributed by atoms with Crippen molar-refractivity contribution >= 4 is 28.8 Å². The van der Waals surface area contributed by atoms with Crippen molar-refractivity contribution in [3.8, 4) is 17.5 Å². The number of ether oxygens (including phenoxy) is 1. The Balaban J connectivity index is 1.64. The maximum absolute atomic E-state index is 12.8. The minimum atomic E-state index is -1.24. The van der Waals surface area contributed by atoms with E-state index in [1.165, 1.54) is 4.90 Å². The first-order valence-corrected chi connectivity index (χ1v) is 12.6. The van der Waals surface area contributed by atoms with Gasteiger partial charge in [0.25, 0.3) is 0 Å². The molecule has 1 N–H and O–H groups in total. The van der Waals surface area contributed by atoms with Crippen LogP contribution in [-0.4, -0.2) is 69.5 Å². The van der Waals surface area contributed by atoms with Crippen LogP contribution in [0.5, 0.6) is 0 Å². The molecule has 0 spiro atoms. The van der Waals surface area contributed by atoms with E-state index in [9.17, 15) is 14.7 Å². The molecule has 3 aromatic rings. The number of nitrogens with zero attached hydrogens (tertiary/aromatic N) is 5. The first-order chi connectivity index (χ1) is 17.3. The Bertz CT molecular complexity index is 1290. The van der Waals surface area contributed by atoms with Crippen molar-refractivity contribution in [2.75, 3.05) is 31.6 Å². The lowest BCUT2D eigenvalue weighted by molar-refractivity contribution is -0.117. The van der Waals surface area contributed by atoms with Gasteiger partial charge in [-0.2, -0.15) is 5.10 Å². The number of esters is 1. The summed E-state index contributed by atoms with van der Waals surface area (Å²) in [5.41, 5.74) is 2.35. The summed E-state index contributed by atoms with van der Waals surface area (Å²) in [5.74, 6) is 5.50. The highest BCUT2D eigenvalue weighted by Crippen LogP contribution is 2.30. The molecule has 1 atom stereocenters. The Morgan fingerprint density at radius 3 is 2.97 bits per heavy atom. The fourth-order valence-corrected chi connectivity index (χ4v) is 4.63. The van der Waals surface area contributed by atoms with Gasteiger partial charge in [0.05, 0.1) is 18.0 Å². The minimum absolute atomic E-state index is 0.268. The summed E-state index contributed by atoms with van der Waals surface area (Å²) in [5, 5.41) is 18.1. The molecule has 0 saturated carbocycles. The van der Waals surface area contributed by atoms with Crippen molar-refractivity contribution in [3.05, 3.63) is 58.4 Å². The molecule has 0 radical (unpaired) electrons. The van der Waals surface area contributed by atoms with Crippen molar-refractivity contribution in [1.29, 1.82) is 0 Å². The van der Waals surface area contributed by atoms with Gasteiger partial charge >= 0.3 is 5.97 Å². The van der Waals surface area contributed by atoms with E-state index in [-0.39, 0.29) is 6.61 Å². The monoisotopic (exact) mass is 507 g/mol. The molecular formula is C26H29N5O4S. The van der Waals surface area contributed by atoms with Gasteiger partial charge in [-0.05, 0) is 32.0 Å². The smallest absolute Gasteiger partial charge is 0.359 e. The van der Waals surface area contributed by atoms with Crippen molar-refractivity contribution < 1.29 is 19.4 Å². The van der Waals surface area contributed by atoms with Gasteiger partial charge in [-0.3, -0.25) is 4.79 Å². The number of rotatable bonds is 8. The lowest BCUT2D eigenvalue weighted by Gasteiger charge is -2.27. The summed E-state index contributed by atoms with van der Waals surface area (Å²) in [4.78, 5) is 31.6. The van der Waals surface area contributed by atoms with Gasteiger partial charge in [-0.25, -0.2) is 14.5 Å². The maximum Gasteiger partial charge on any atom is 0.359 e. The Morgan fingerprint density at radius 1 is 1.42 bits per heavy atom. The molecule has 1 aromatic carbocycles. The van der Waals surface area contributed by atoms with Crippen LogP contribution in [0, 0.1) is 11.8 Å². The number of carbonyl (C=O) groups is 2. The number of anilines is 1. The van der Waals surface area contributed by atoms with Crippen LogP contribution in [0.25, 0.3) is 5.69 Å². The first kappa shape index (κ1) is 25.4. The third-order valence-corrected chi connectivity index (χ3v) is 6.75. The van der Waals surface area contributed by atoms with Crippen LogP contribution in [0.15, 0.2) is 35.8 Å². The predicted octanol–water partition coefficient (Wildman–Crippen LogP) is 2.65. The Morgan fingerprint density at radius 2 is 2.25 bits per heavy atom. The number of amides is 1. The van der Waals surface area contributed by atoms with Crippen molar-refractivity contribution in [1.82, 2.24) is 19.7 Å². The molecular weight excluding hydrogens is 478 g/mol. The zero-order valence-corrected chi connectivity index (χ0v) is 21.4. The van der Waals surface area contributed by atoms with E-state index >= 15 is 0 Å². The van der Waals surface area contributed by atoms with Crippen LogP contribution < -0.4 is 4.90 Å². The number of benzene rings is 1. The number of thiazole rings is 1. The number of carbonyl (C=O) groups excluding carboxylic acids is 2. The van der Waals surface area contributed by atoms with Gasteiger partial charge in [0.2, 0.25) is 6.41 Å². The maximum atomic E-state index is 12.8. The van der Waals surface area contributed by atoms with Gasteiger partial charge in [0.15, 0.2) is 10.8 Å². The predicted molar refractivity (Wildman–Crippen MR) is 137 cm³/mol. The second-order valence-electron chi connectivity index (χ2n) is 8.80. The van der Waals surface area contributed by atoms with E-state index < -0.39 is 11.6 Å². The lowest BCUT2D eigenvalue weighted by Crippen LogP contribution is -2.31. The lowest BCUT2D eigenvalue weighted by atomic mass is 10.0. The molecule has 2 aromatic heterocycles. The van der Waals surface area contributed by atoms with E-state index in [2.05, 4.69) is 26.8 Å². The molecule has 188 valence electrons. The standard InChI is InChI=1S/C26H29N5O4S/c1-4-35-24(33)23-21-17-30(25-27-12-15-36-25)13-9-22(21)31(28-23)20-7-5-6-19(16-20)8-10-26(2,34)11-14-29(3)18-32/h5-7,12,15-16,18,34H,4,9,11,13-14,17H2,1-3H3. The van der Waals surface area contributed by atoms with Crippen molar-refractivity contribution in [3.63, 3.8) is 0 Å². The van der Waals surface area contributed by atoms with Crippen LogP contribution >= 0.6 is 11.3 Å². The minimum Gasteiger partial charge on any atom is -0.461 e. The van der Waals surface area contributed by atoms with E-state index in [1.807, 2.05) is 29.6 Å². The van der Waals surface area contributed by atoms with Gasteiger partial charge in [-0.1, -0.05) is 17.9 Å². The SMILES string of the molecule is CCOC(=O)c1nn(-c2cccc(C#CC(C)(O)CCN(C)C=O)c2)c2c1CN(c1nccs1)CC2. The molecule has 0 fully saturated rings. The molecule has 9 nitrogen and oxygen atoms in total. The molecule has 1 amide bonds. The first-order valence-electron chi connectivity index (χ1n) is 11.7. The zero-order chi connectivity index (χ0) is 25.7. The fourth-order valence-electron chi connectivity index (χ4n) is 3.96. The molecule has 1 unspecified atom stereocenters. The van der Waals surface area contributed by atoms with Crippen molar-refractivity contribution in [2.24, 2.45) is 0 Å². The summed E-state index contributed by atoms with van der Waals surface area (Å²) in [6, 6.07) is 7.53. The zero-order valence-electron chi connectivity index (χ0n) is 20.6. The van der Waals surface area contributed by atoms with Crippen molar-refractivity contribution in [2.45, 2.75) is 38.8 Å². The highest BCUT2D eigenvalue weighted by molar-refractivity contribution is 7.13. The van der Waals surface area contributed by atoms with Gasteiger partial charge in [0.1, 0.15) is 5.60 Å². The topological polar surface area (TPSA) is 101 Å². The highest BCUT2D eigenvalue weighted by atomic mass is 32.1. The van der Waals surface area contributed by atoms with E-state index in [0.717, 1.165) is 35.0 Å². The van der Waals surface area contributed by atoms with E-state index in [1.54, 1.807) is 43.1 Å². The number of hydrogen-bond acceptors (Lipinski definition) is 8. The van der Waals surface area contributed by atoms with Crippen LogP contribution in [0.3, 0.4) is 0 Å². The molecule has 10 heteroatoms. The molecule has 0 aliphatic carbocycles. The third kappa shape index (κ3) is 5.75. The van der Waals surface area contributed by atoms with Crippen LogP contribution in [-0.2, 0) is 22.5 Å². The molecule has 4 rings (SSSR count). The average molecular weight is 508 g/mol. The van der Waals surface area contributed by atoms with Gasteiger partial charge in [-0.15, -0.1) is 11.3 Å². The number of aromatic nitrogens is 3. The second kappa shape index (κ2) is 10.9. The summed E-state index contributed by atoms with van der Waals surface area (Å²) < 4.78 is 7.09. The number of fused-ring (bicyclic) bond motifs is 1. The number of aliphatic hydroxyl groups is 1. The molecule has 1 aliphatic heterocycles. The van der Waals surface area contributed by atoms with E-state index in [4.69, 9.17) is 4.74 Å². The highest BCUT2D eigenvalue weighted by Gasteiger charge is 2.30. The Hall–Kier alpha value is -3.68. The molecule has 3 heterocycles. The fraction of sp³-hybridized carbons (Fsp3) is 0.385. The van der Waals surface area contributed by atoms with Gasteiger partial charge in [0, 0.05) is 62.2 Å². The van der Waals surface area contributed by atoms with Crippen LogP contribution in [0.1, 0.15) is 47.6 Å². The van der Waals surface area contributed by atoms with E-state index in [0.29, 0.717) is 37.2 Å². The quantitative estimate of drug-likeness (QED) is 0.284. The summed E-state index contributed by atoms with van der Waals surface area (Å²) in [6.07, 6.45) is 3.52. The molecule has 0 bridgehead atoms. The normalized spacial score (nSPS) is 14.3. The molecule has 1 aliphatic rings.